The molecule has 110 valence electrons. The second-order valence-electron chi connectivity index (χ2n) is 5.02. The normalized spacial score (nSPS) is 19.8. The molecule has 1 fully saturated rings. The number of hydrogen-bond donors (Lipinski definition) is 2. The SMILES string of the molecule is CC(NCCOc1ccccc1C(=O)O)C1CCOC1. The van der Waals surface area contributed by atoms with E-state index in [0.717, 1.165) is 19.6 Å². The van der Waals surface area contributed by atoms with Crippen molar-refractivity contribution < 1.29 is 19.4 Å². The summed E-state index contributed by atoms with van der Waals surface area (Å²) in [4.78, 5) is 11.0. The van der Waals surface area contributed by atoms with Gasteiger partial charge in [-0.2, -0.15) is 0 Å². The first-order chi connectivity index (χ1) is 9.68. The van der Waals surface area contributed by atoms with Gasteiger partial charge in [-0.3, -0.25) is 0 Å². The fourth-order valence-electron chi connectivity index (χ4n) is 2.33. The molecule has 1 aromatic rings. The highest BCUT2D eigenvalue weighted by Crippen LogP contribution is 2.18. The Bertz CT molecular complexity index is 443. The Labute approximate surface area is 118 Å². The molecular formula is C15H21NO4. The molecule has 2 unspecified atom stereocenters. The molecule has 0 aromatic heterocycles. The van der Waals surface area contributed by atoms with Gasteiger partial charge in [0.1, 0.15) is 17.9 Å². The van der Waals surface area contributed by atoms with Gasteiger partial charge in [-0.1, -0.05) is 12.1 Å². The van der Waals surface area contributed by atoms with Gasteiger partial charge >= 0.3 is 5.97 Å². The summed E-state index contributed by atoms with van der Waals surface area (Å²) in [6, 6.07) is 7.07. The van der Waals surface area contributed by atoms with Crippen LogP contribution in [0, 0.1) is 5.92 Å². The van der Waals surface area contributed by atoms with Crippen LogP contribution in [0.1, 0.15) is 23.7 Å². The Morgan fingerprint density at radius 2 is 2.35 bits per heavy atom. The number of para-hydroxylation sites is 1. The van der Waals surface area contributed by atoms with E-state index < -0.39 is 5.97 Å². The molecule has 0 radical (unpaired) electrons. The molecule has 2 rings (SSSR count). The molecule has 0 amide bonds. The van der Waals surface area contributed by atoms with Crippen LogP contribution in [0.25, 0.3) is 0 Å². The van der Waals surface area contributed by atoms with Gasteiger partial charge < -0.3 is 19.9 Å². The summed E-state index contributed by atoms with van der Waals surface area (Å²) in [7, 11) is 0. The van der Waals surface area contributed by atoms with Gasteiger partial charge in [0, 0.05) is 19.2 Å². The second kappa shape index (κ2) is 7.26. The number of rotatable bonds is 7. The molecule has 0 spiro atoms. The van der Waals surface area contributed by atoms with E-state index in [4.69, 9.17) is 14.6 Å². The standard InChI is InChI=1S/C15H21NO4/c1-11(12-6-8-19-10-12)16-7-9-20-14-5-3-2-4-13(14)15(17)18/h2-5,11-12,16H,6-10H2,1H3,(H,17,18). The third-order valence-corrected chi connectivity index (χ3v) is 3.62. The topological polar surface area (TPSA) is 67.8 Å². The van der Waals surface area contributed by atoms with Crippen molar-refractivity contribution in [3.05, 3.63) is 29.8 Å². The Balaban J connectivity index is 1.74. The zero-order valence-electron chi connectivity index (χ0n) is 11.7. The van der Waals surface area contributed by atoms with Crippen LogP contribution in [0.4, 0.5) is 0 Å². The second-order valence-corrected chi connectivity index (χ2v) is 5.02. The van der Waals surface area contributed by atoms with Gasteiger partial charge in [0.05, 0.1) is 6.61 Å². The zero-order valence-corrected chi connectivity index (χ0v) is 11.7. The Hall–Kier alpha value is -1.59. The van der Waals surface area contributed by atoms with Crippen molar-refractivity contribution in [1.29, 1.82) is 0 Å². The minimum atomic E-state index is -0.968. The van der Waals surface area contributed by atoms with Crippen LogP contribution in [0.2, 0.25) is 0 Å². The lowest BCUT2D eigenvalue weighted by atomic mass is 10.0. The van der Waals surface area contributed by atoms with Gasteiger partial charge in [-0.25, -0.2) is 4.79 Å². The molecule has 5 heteroatoms. The van der Waals surface area contributed by atoms with E-state index >= 15 is 0 Å². The molecule has 0 saturated carbocycles. The predicted molar refractivity (Wildman–Crippen MR) is 75.3 cm³/mol. The highest BCUT2D eigenvalue weighted by atomic mass is 16.5. The van der Waals surface area contributed by atoms with Crippen LogP contribution in [-0.4, -0.2) is 43.5 Å². The highest BCUT2D eigenvalue weighted by Gasteiger charge is 2.21. The minimum absolute atomic E-state index is 0.199. The van der Waals surface area contributed by atoms with Crippen molar-refractivity contribution in [3.63, 3.8) is 0 Å². The van der Waals surface area contributed by atoms with Crippen LogP contribution in [0.3, 0.4) is 0 Å². The number of hydrogen-bond acceptors (Lipinski definition) is 4. The summed E-state index contributed by atoms with van der Waals surface area (Å²) in [5.41, 5.74) is 0.199. The maximum absolute atomic E-state index is 11.0. The van der Waals surface area contributed by atoms with Crippen molar-refractivity contribution in [2.45, 2.75) is 19.4 Å². The maximum Gasteiger partial charge on any atom is 0.339 e. The summed E-state index contributed by atoms with van der Waals surface area (Å²) in [5, 5.41) is 12.4. The van der Waals surface area contributed by atoms with Crippen LogP contribution < -0.4 is 10.1 Å². The summed E-state index contributed by atoms with van der Waals surface area (Å²) in [5.74, 6) is 0.00462. The average molecular weight is 279 g/mol. The monoisotopic (exact) mass is 279 g/mol. The molecule has 2 N–H and O–H groups in total. The van der Waals surface area contributed by atoms with Crippen LogP contribution >= 0.6 is 0 Å². The summed E-state index contributed by atoms with van der Waals surface area (Å²) in [6.45, 7) is 4.94. The number of carboxylic acids is 1. The van der Waals surface area contributed by atoms with Crippen LogP contribution in [-0.2, 0) is 4.74 Å². The molecule has 1 aliphatic rings. The van der Waals surface area contributed by atoms with Crippen LogP contribution in [0.15, 0.2) is 24.3 Å². The third-order valence-electron chi connectivity index (χ3n) is 3.62. The lowest BCUT2D eigenvalue weighted by Crippen LogP contribution is -2.36. The number of nitrogens with one attached hydrogen (secondary N) is 1. The van der Waals surface area contributed by atoms with Crippen molar-refractivity contribution >= 4 is 5.97 Å². The Morgan fingerprint density at radius 1 is 1.55 bits per heavy atom. The van der Waals surface area contributed by atoms with E-state index in [0.29, 0.717) is 30.9 Å². The fourth-order valence-corrected chi connectivity index (χ4v) is 2.33. The van der Waals surface area contributed by atoms with Crippen molar-refractivity contribution in [2.75, 3.05) is 26.4 Å². The predicted octanol–water partition coefficient (Wildman–Crippen LogP) is 1.78. The third kappa shape index (κ3) is 3.95. The van der Waals surface area contributed by atoms with E-state index in [-0.39, 0.29) is 5.56 Å². The highest BCUT2D eigenvalue weighted by molar-refractivity contribution is 5.90. The Morgan fingerprint density at radius 3 is 3.05 bits per heavy atom. The first-order valence-electron chi connectivity index (χ1n) is 6.94. The van der Waals surface area contributed by atoms with Gasteiger partial charge in [0.25, 0.3) is 0 Å². The molecule has 1 saturated heterocycles. The largest absolute Gasteiger partial charge is 0.491 e. The number of ether oxygens (including phenoxy) is 2. The number of carbonyl (C=O) groups is 1. The molecule has 1 aliphatic heterocycles. The lowest BCUT2D eigenvalue weighted by Gasteiger charge is -2.19. The first kappa shape index (κ1) is 14.8. The Kier molecular flexibility index (Phi) is 5.38. The molecule has 1 heterocycles. The number of carboxylic acid groups (broad SMARTS) is 1. The average Bonchev–Trinajstić information content (AvgIpc) is 2.98. The molecule has 20 heavy (non-hydrogen) atoms. The number of benzene rings is 1. The van der Waals surface area contributed by atoms with Crippen molar-refractivity contribution in [2.24, 2.45) is 5.92 Å². The van der Waals surface area contributed by atoms with E-state index in [1.807, 2.05) is 0 Å². The summed E-state index contributed by atoms with van der Waals surface area (Å²) < 4.78 is 10.9. The summed E-state index contributed by atoms with van der Waals surface area (Å²) >= 11 is 0. The molecule has 0 aliphatic carbocycles. The first-order valence-corrected chi connectivity index (χ1v) is 6.94. The van der Waals surface area contributed by atoms with Crippen molar-refractivity contribution in [3.8, 4) is 5.75 Å². The molecule has 2 atom stereocenters. The smallest absolute Gasteiger partial charge is 0.339 e. The molecule has 0 bridgehead atoms. The minimum Gasteiger partial charge on any atom is -0.491 e. The zero-order chi connectivity index (χ0) is 14.4. The van der Waals surface area contributed by atoms with E-state index in [9.17, 15) is 4.79 Å². The number of aromatic carboxylic acids is 1. The lowest BCUT2D eigenvalue weighted by molar-refractivity contribution is 0.0692. The van der Waals surface area contributed by atoms with E-state index in [1.54, 1.807) is 24.3 Å². The van der Waals surface area contributed by atoms with E-state index in [1.165, 1.54) is 0 Å². The van der Waals surface area contributed by atoms with E-state index in [2.05, 4.69) is 12.2 Å². The van der Waals surface area contributed by atoms with Crippen molar-refractivity contribution in [1.82, 2.24) is 5.32 Å². The van der Waals surface area contributed by atoms with Crippen LogP contribution in [0.5, 0.6) is 5.75 Å². The van der Waals surface area contributed by atoms with Gasteiger partial charge in [0.15, 0.2) is 0 Å². The molecule has 1 aromatic carbocycles. The van der Waals surface area contributed by atoms with Gasteiger partial charge in [-0.15, -0.1) is 0 Å². The summed E-state index contributed by atoms with van der Waals surface area (Å²) in [6.07, 6.45) is 1.09. The van der Waals surface area contributed by atoms with Gasteiger partial charge in [0.2, 0.25) is 0 Å². The maximum atomic E-state index is 11.0. The fraction of sp³-hybridized carbons (Fsp3) is 0.533. The van der Waals surface area contributed by atoms with Gasteiger partial charge in [-0.05, 0) is 31.4 Å². The quantitative estimate of drug-likeness (QED) is 0.745. The molecule has 5 nitrogen and oxygen atoms in total. The molecular weight excluding hydrogens is 258 g/mol.